The highest BCUT2D eigenvalue weighted by Crippen LogP contribution is 2.23. The maximum absolute atomic E-state index is 13.1. The molecule has 0 aliphatic heterocycles. The molecule has 3 N–H and O–H groups in total. The van der Waals surface area contributed by atoms with E-state index in [1.54, 1.807) is 26.8 Å². The number of halogens is 3. The van der Waals surface area contributed by atoms with Crippen LogP contribution in [0.5, 0.6) is 0 Å². The van der Waals surface area contributed by atoms with Gasteiger partial charge in [0.15, 0.2) is 17.5 Å². The minimum Gasteiger partial charge on any atom is -0.397 e. The molecule has 5 nitrogen and oxygen atoms in total. The van der Waals surface area contributed by atoms with Crippen molar-refractivity contribution in [1.82, 2.24) is 0 Å². The van der Waals surface area contributed by atoms with Crippen LogP contribution in [0.2, 0.25) is 0 Å². The van der Waals surface area contributed by atoms with Gasteiger partial charge in [0.25, 0.3) is 5.91 Å². The van der Waals surface area contributed by atoms with Crippen LogP contribution in [-0.4, -0.2) is 22.2 Å². The molecule has 198 valence electrons. The SMILES string of the molecule is C=C(C)/C(=C\C(=C/C)C(=O)Nc1cc(F)c(F)c(F)c1)SO.CC#N.CCCCC(C)C.CCO. The summed E-state index contributed by atoms with van der Waals surface area (Å²) in [4.78, 5) is 12.4. The van der Waals surface area contributed by atoms with Crippen LogP contribution in [0, 0.1) is 34.7 Å². The van der Waals surface area contributed by atoms with Crippen molar-refractivity contribution in [3.8, 4) is 6.07 Å². The van der Waals surface area contributed by atoms with Crippen LogP contribution in [0.4, 0.5) is 18.9 Å². The Morgan fingerprint density at radius 1 is 1.26 bits per heavy atom. The van der Waals surface area contributed by atoms with Crippen LogP contribution >= 0.6 is 12.0 Å². The van der Waals surface area contributed by atoms with Crippen molar-refractivity contribution >= 4 is 23.6 Å². The summed E-state index contributed by atoms with van der Waals surface area (Å²) in [5, 5.41) is 17.1. The molecule has 0 unspecified atom stereocenters. The summed E-state index contributed by atoms with van der Waals surface area (Å²) in [5.74, 6) is -4.17. The topological polar surface area (TPSA) is 93.4 Å². The van der Waals surface area contributed by atoms with Gasteiger partial charge in [-0.1, -0.05) is 52.7 Å². The number of aliphatic hydroxyl groups is 1. The van der Waals surface area contributed by atoms with Gasteiger partial charge in [-0.25, -0.2) is 13.2 Å². The first-order valence-corrected chi connectivity index (χ1v) is 11.9. The van der Waals surface area contributed by atoms with Crippen LogP contribution in [0.1, 0.15) is 67.7 Å². The number of carbonyl (C=O) groups excluding carboxylic acids is 1. The molecule has 0 saturated carbocycles. The standard InChI is InChI=1S/C15H14F3NO2S.C7H16.C2H3N.C2H6O/c1-4-9(5-13(22-21)8(2)3)15(20)19-10-6-11(16)14(18)12(17)7-10;1-4-5-6-7(2)3;2*1-2-3/h4-7,21H,2H2,1,3H3,(H,19,20);7H,4-6H2,1-3H3;1H3;3H,2H2,1H3/b9-4+,13-5+;;;. The van der Waals surface area contributed by atoms with Gasteiger partial charge in [0.1, 0.15) is 0 Å². The van der Waals surface area contributed by atoms with E-state index < -0.39 is 23.4 Å². The maximum atomic E-state index is 13.1. The quantitative estimate of drug-likeness (QED) is 0.141. The van der Waals surface area contributed by atoms with E-state index in [-0.39, 0.29) is 17.9 Å². The molecule has 0 heterocycles. The van der Waals surface area contributed by atoms with Crippen LogP contribution in [0.3, 0.4) is 0 Å². The third kappa shape index (κ3) is 19.5. The molecule has 0 spiro atoms. The third-order valence-electron chi connectivity index (χ3n) is 3.76. The number of allylic oxidation sites excluding steroid dienone is 2. The first-order chi connectivity index (χ1) is 16.4. The van der Waals surface area contributed by atoms with E-state index in [9.17, 15) is 18.0 Å². The largest absolute Gasteiger partial charge is 0.397 e. The Balaban J connectivity index is -0.000000650. The zero-order chi connectivity index (χ0) is 28.0. The number of aliphatic hydroxyl groups excluding tert-OH is 1. The number of amides is 1. The molecule has 35 heavy (non-hydrogen) atoms. The summed E-state index contributed by atoms with van der Waals surface area (Å²) in [5.41, 5.74) is 0.464. The predicted molar refractivity (Wildman–Crippen MR) is 140 cm³/mol. The van der Waals surface area contributed by atoms with Gasteiger partial charge in [-0.3, -0.25) is 4.79 Å². The fourth-order valence-electron chi connectivity index (χ4n) is 2.09. The van der Waals surface area contributed by atoms with E-state index in [1.165, 1.54) is 38.3 Å². The van der Waals surface area contributed by atoms with Gasteiger partial charge in [0.2, 0.25) is 0 Å². The van der Waals surface area contributed by atoms with Gasteiger partial charge < -0.3 is 15.0 Å². The van der Waals surface area contributed by atoms with Crippen LogP contribution < -0.4 is 5.32 Å². The Hall–Kier alpha value is -2.54. The molecule has 0 radical (unpaired) electrons. The molecule has 0 aliphatic carbocycles. The van der Waals surface area contributed by atoms with Crippen LogP contribution in [0.25, 0.3) is 0 Å². The highest BCUT2D eigenvalue weighted by molar-refractivity contribution is 7.97. The molecule has 0 aliphatic rings. The van der Waals surface area contributed by atoms with Crippen molar-refractivity contribution in [2.45, 2.75) is 67.7 Å². The second-order valence-electron chi connectivity index (χ2n) is 7.41. The molecule has 1 aromatic carbocycles. The van der Waals surface area contributed by atoms with E-state index >= 15 is 0 Å². The van der Waals surface area contributed by atoms with Gasteiger partial charge in [0, 0.05) is 53.9 Å². The summed E-state index contributed by atoms with van der Waals surface area (Å²) in [7, 11) is 0. The molecule has 9 heteroatoms. The van der Waals surface area contributed by atoms with Gasteiger partial charge >= 0.3 is 0 Å². The van der Waals surface area contributed by atoms with Crippen LogP contribution in [0.15, 0.2) is 46.9 Å². The van der Waals surface area contributed by atoms with Gasteiger partial charge in [-0.2, -0.15) is 5.26 Å². The van der Waals surface area contributed by atoms with Crippen molar-refractivity contribution < 1.29 is 27.6 Å². The smallest absolute Gasteiger partial charge is 0.255 e. The third-order valence-corrected chi connectivity index (χ3v) is 4.42. The molecular weight excluding hydrogens is 477 g/mol. The fourth-order valence-corrected chi connectivity index (χ4v) is 2.43. The average Bonchev–Trinajstić information content (AvgIpc) is 2.78. The summed E-state index contributed by atoms with van der Waals surface area (Å²) in [6.45, 7) is 17.0. The molecule has 0 fully saturated rings. The summed E-state index contributed by atoms with van der Waals surface area (Å²) >= 11 is 0.423. The van der Waals surface area contributed by atoms with Crippen molar-refractivity contribution in [2.75, 3.05) is 11.9 Å². The summed E-state index contributed by atoms with van der Waals surface area (Å²) < 4.78 is 48.2. The zero-order valence-corrected chi connectivity index (χ0v) is 22.5. The average molecular weight is 517 g/mol. The highest BCUT2D eigenvalue weighted by atomic mass is 32.2. The fraction of sp³-hybridized carbons (Fsp3) is 0.462. The minimum absolute atomic E-state index is 0.143. The van der Waals surface area contributed by atoms with Crippen LogP contribution in [-0.2, 0) is 4.79 Å². The number of rotatable bonds is 8. The Labute approximate surface area is 212 Å². The normalized spacial score (nSPS) is 10.5. The second kappa shape index (κ2) is 23.2. The van der Waals surface area contributed by atoms with E-state index in [2.05, 4.69) is 32.7 Å². The Bertz CT molecular complexity index is 841. The Morgan fingerprint density at radius 3 is 2.00 bits per heavy atom. The van der Waals surface area contributed by atoms with Crippen molar-refractivity contribution in [2.24, 2.45) is 5.92 Å². The van der Waals surface area contributed by atoms with E-state index in [1.807, 2.05) is 0 Å². The predicted octanol–water partition coefficient (Wildman–Crippen LogP) is 8.02. The van der Waals surface area contributed by atoms with Gasteiger partial charge in [-0.15, -0.1) is 0 Å². The lowest BCUT2D eigenvalue weighted by atomic mass is 10.1. The summed E-state index contributed by atoms with van der Waals surface area (Å²) in [6, 6.07) is 3.10. The molecule has 1 aromatic rings. The minimum atomic E-state index is -1.61. The number of hydrogen-bond donors (Lipinski definition) is 3. The molecule has 0 saturated heterocycles. The number of carbonyl (C=O) groups is 1. The summed E-state index contributed by atoms with van der Waals surface area (Å²) in [6.07, 6.45) is 6.97. The Morgan fingerprint density at radius 2 is 1.71 bits per heavy atom. The molecule has 0 bridgehead atoms. The number of unbranched alkanes of at least 4 members (excludes halogenated alkanes) is 1. The van der Waals surface area contributed by atoms with Crippen molar-refractivity contribution in [3.63, 3.8) is 0 Å². The molecule has 1 amide bonds. The monoisotopic (exact) mass is 516 g/mol. The van der Waals surface area contributed by atoms with Crippen molar-refractivity contribution in [1.29, 1.82) is 5.26 Å². The van der Waals surface area contributed by atoms with E-state index in [4.69, 9.17) is 14.9 Å². The number of nitrogens with zero attached hydrogens (tertiary/aromatic N) is 1. The molecule has 0 aromatic heterocycles. The van der Waals surface area contributed by atoms with Crippen molar-refractivity contribution in [3.05, 3.63) is 64.4 Å². The lowest BCUT2D eigenvalue weighted by Crippen LogP contribution is -2.14. The Kier molecular flexibility index (Phi) is 24.6. The van der Waals surface area contributed by atoms with E-state index in [0.29, 0.717) is 34.7 Å². The lowest BCUT2D eigenvalue weighted by molar-refractivity contribution is -0.112. The number of hydrogen-bond acceptors (Lipinski definition) is 5. The first kappa shape index (κ1) is 37.0. The molecule has 1 rings (SSSR count). The van der Waals surface area contributed by atoms with Gasteiger partial charge in [-0.05, 0) is 38.3 Å². The van der Waals surface area contributed by atoms with Gasteiger partial charge in [0.05, 0.1) is 6.07 Å². The molecule has 0 atom stereocenters. The lowest BCUT2D eigenvalue weighted by Gasteiger charge is -2.08. The second-order valence-corrected chi connectivity index (χ2v) is 8.03. The number of nitrogens with one attached hydrogen (secondary N) is 1. The number of nitriles is 1. The maximum Gasteiger partial charge on any atom is 0.255 e. The zero-order valence-electron chi connectivity index (χ0n) is 21.7. The number of anilines is 1. The highest BCUT2D eigenvalue weighted by Gasteiger charge is 2.14. The number of benzene rings is 1. The molecular formula is C26H39F3N2O3S. The first-order valence-electron chi connectivity index (χ1n) is 11.1. The van der Waals surface area contributed by atoms with E-state index in [0.717, 1.165) is 5.92 Å².